The number of halogens is 3. The van der Waals surface area contributed by atoms with Gasteiger partial charge in [0, 0.05) is 28.7 Å². The first-order valence-corrected chi connectivity index (χ1v) is 13.7. The van der Waals surface area contributed by atoms with Crippen LogP contribution in [-0.4, -0.2) is 50.5 Å². The van der Waals surface area contributed by atoms with E-state index in [9.17, 15) is 22.4 Å². The Balaban J connectivity index is 2.48. The molecule has 0 aromatic heterocycles. The topological polar surface area (TPSA) is 86.8 Å². The fourth-order valence-corrected chi connectivity index (χ4v) is 4.80. The molecular weight excluding hydrogens is 516 g/mol. The molecule has 0 bridgehead atoms. The van der Waals surface area contributed by atoms with Gasteiger partial charge in [-0.1, -0.05) is 56.1 Å². The fraction of sp³-hybridized carbons (Fsp3) is 0.417. The minimum absolute atomic E-state index is 0.00566. The lowest BCUT2D eigenvalue weighted by Crippen LogP contribution is -2.52. The van der Waals surface area contributed by atoms with E-state index in [1.165, 1.54) is 23.1 Å². The van der Waals surface area contributed by atoms with E-state index in [0.717, 1.165) is 16.6 Å². The molecule has 0 aliphatic rings. The quantitative estimate of drug-likeness (QED) is 0.451. The molecule has 0 saturated carbocycles. The number of carbonyl (C=O) groups is 2. The molecule has 0 saturated heterocycles. The molecular formula is C24H30Cl2FN3O4S. The number of hydrogen-bond donors (Lipinski definition) is 1. The summed E-state index contributed by atoms with van der Waals surface area (Å²) in [6, 6.07) is 8.90. The average molecular weight is 546 g/mol. The first-order valence-electron chi connectivity index (χ1n) is 11.1. The van der Waals surface area contributed by atoms with Crippen molar-refractivity contribution in [1.29, 1.82) is 0 Å². The predicted molar refractivity (Wildman–Crippen MR) is 138 cm³/mol. The van der Waals surface area contributed by atoms with Gasteiger partial charge < -0.3 is 10.2 Å². The van der Waals surface area contributed by atoms with Crippen LogP contribution in [0.4, 0.5) is 10.1 Å². The molecule has 0 fully saturated rings. The standard InChI is InChI=1S/C24H30Cl2FN3O4S/c1-5-22(24(32)28-13-16(2)3)29(14-19-20(25)10-7-11-21(19)26)23(31)15-30(35(4,33)34)18-9-6-8-17(27)12-18/h6-12,16,22H,5,13-15H2,1-4H3,(H,28,32)/t22-/m0/s1. The van der Waals surface area contributed by atoms with Gasteiger partial charge in [0.15, 0.2) is 0 Å². The van der Waals surface area contributed by atoms with Crippen LogP contribution in [0.1, 0.15) is 32.8 Å². The van der Waals surface area contributed by atoms with Crippen molar-refractivity contribution in [3.63, 3.8) is 0 Å². The number of anilines is 1. The molecule has 7 nitrogen and oxygen atoms in total. The van der Waals surface area contributed by atoms with E-state index in [4.69, 9.17) is 23.2 Å². The van der Waals surface area contributed by atoms with Gasteiger partial charge in [0.1, 0.15) is 18.4 Å². The fourth-order valence-electron chi connectivity index (χ4n) is 3.44. The number of sulfonamides is 1. The van der Waals surface area contributed by atoms with Crippen LogP contribution < -0.4 is 9.62 Å². The molecule has 0 heterocycles. The highest BCUT2D eigenvalue weighted by molar-refractivity contribution is 7.92. The summed E-state index contributed by atoms with van der Waals surface area (Å²) in [5, 5.41) is 3.43. The molecule has 1 N–H and O–H groups in total. The van der Waals surface area contributed by atoms with E-state index in [2.05, 4.69) is 5.32 Å². The van der Waals surface area contributed by atoms with Gasteiger partial charge >= 0.3 is 0 Å². The zero-order valence-corrected chi connectivity index (χ0v) is 22.4. The van der Waals surface area contributed by atoms with Gasteiger partial charge in [-0.2, -0.15) is 0 Å². The maximum absolute atomic E-state index is 13.8. The largest absolute Gasteiger partial charge is 0.354 e. The second-order valence-corrected chi connectivity index (χ2v) is 11.3. The third-order valence-corrected chi connectivity index (χ3v) is 7.08. The van der Waals surface area contributed by atoms with Crippen molar-refractivity contribution < 1.29 is 22.4 Å². The third-order valence-electron chi connectivity index (χ3n) is 5.24. The van der Waals surface area contributed by atoms with E-state index in [1.54, 1.807) is 25.1 Å². The van der Waals surface area contributed by atoms with Crippen molar-refractivity contribution in [2.75, 3.05) is 23.7 Å². The SMILES string of the molecule is CC[C@@H](C(=O)NCC(C)C)N(Cc1c(Cl)cccc1Cl)C(=O)CN(c1cccc(F)c1)S(C)(=O)=O. The van der Waals surface area contributed by atoms with Crippen LogP contribution >= 0.6 is 23.2 Å². The number of hydrogen-bond acceptors (Lipinski definition) is 4. The Hall–Kier alpha value is -2.36. The molecule has 2 amide bonds. The summed E-state index contributed by atoms with van der Waals surface area (Å²) in [6.07, 6.45) is 1.18. The minimum Gasteiger partial charge on any atom is -0.354 e. The molecule has 1 atom stereocenters. The van der Waals surface area contributed by atoms with Gasteiger partial charge in [-0.05, 0) is 42.7 Å². The van der Waals surface area contributed by atoms with E-state index in [0.29, 0.717) is 22.2 Å². The molecule has 192 valence electrons. The lowest BCUT2D eigenvalue weighted by molar-refractivity contribution is -0.140. The van der Waals surface area contributed by atoms with E-state index in [-0.39, 0.29) is 30.5 Å². The van der Waals surface area contributed by atoms with Gasteiger partial charge in [-0.3, -0.25) is 13.9 Å². The van der Waals surface area contributed by atoms with Crippen LogP contribution in [0, 0.1) is 11.7 Å². The smallest absolute Gasteiger partial charge is 0.244 e. The zero-order valence-electron chi connectivity index (χ0n) is 20.1. The molecule has 2 rings (SSSR count). The lowest BCUT2D eigenvalue weighted by atomic mass is 10.1. The van der Waals surface area contributed by atoms with Crippen LogP contribution in [0.25, 0.3) is 0 Å². The highest BCUT2D eigenvalue weighted by Gasteiger charge is 2.32. The highest BCUT2D eigenvalue weighted by atomic mass is 35.5. The summed E-state index contributed by atoms with van der Waals surface area (Å²) in [5.41, 5.74) is 0.421. The van der Waals surface area contributed by atoms with E-state index in [1.807, 2.05) is 13.8 Å². The molecule has 35 heavy (non-hydrogen) atoms. The van der Waals surface area contributed by atoms with Crippen molar-refractivity contribution in [3.8, 4) is 0 Å². The van der Waals surface area contributed by atoms with Crippen molar-refractivity contribution in [2.24, 2.45) is 5.92 Å². The van der Waals surface area contributed by atoms with Crippen molar-refractivity contribution in [1.82, 2.24) is 10.2 Å². The number of rotatable bonds is 11. The second kappa shape index (κ2) is 12.6. The molecule has 11 heteroatoms. The average Bonchev–Trinajstić information content (AvgIpc) is 2.76. The van der Waals surface area contributed by atoms with Gasteiger partial charge in [-0.15, -0.1) is 0 Å². The molecule has 2 aromatic rings. The number of nitrogens with zero attached hydrogens (tertiary/aromatic N) is 2. The molecule has 0 aliphatic heterocycles. The van der Waals surface area contributed by atoms with Crippen LogP contribution in [0.5, 0.6) is 0 Å². The summed E-state index contributed by atoms with van der Waals surface area (Å²) < 4.78 is 39.7. The van der Waals surface area contributed by atoms with Crippen LogP contribution in [0.15, 0.2) is 42.5 Å². The maximum Gasteiger partial charge on any atom is 0.244 e. The molecule has 2 aromatic carbocycles. The first kappa shape index (κ1) is 28.9. The Morgan fingerprint density at radius 2 is 1.69 bits per heavy atom. The Kier molecular flexibility index (Phi) is 10.4. The first-order chi connectivity index (χ1) is 16.3. The highest BCUT2D eigenvalue weighted by Crippen LogP contribution is 2.27. The summed E-state index contributed by atoms with van der Waals surface area (Å²) >= 11 is 12.7. The summed E-state index contributed by atoms with van der Waals surface area (Å²) in [4.78, 5) is 27.9. The monoisotopic (exact) mass is 545 g/mol. The third kappa shape index (κ3) is 8.08. The molecule has 0 aliphatic carbocycles. The second-order valence-electron chi connectivity index (χ2n) is 8.53. The van der Waals surface area contributed by atoms with Crippen molar-refractivity contribution in [3.05, 3.63) is 63.9 Å². The Morgan fingerprint density at radius 1 is 1.09 bits per heavy atom. The van der Waals surface area contributed by atoms with Crippen LogP contribution in [-0.2, 0) is 26.2 Å². The van der Waals surface area contributed by atoms with Gasteiger partial charge in [-0.25, -0.2) is 12.8 Å². The maximum atomic E-state index is 13.8. The van der Waals surface area contributed by atoms with E-state index < -0.39 is 34.3 Å². The van der Waals surface area contributed by atoms with E-state index >= 15 is 0 Å². The molecule has 0 unspecified atom stereocenters. The number of amides is 2. The normalized spacial score (nSPS) is 12.3. The lowest BCUT2D eigenvalue weighted by Gasteiger charge is -2.33. The van der Waals surface area contributed by atoms with Crippen molar-refractivity contribution in [2.45, 2.75) is 39.8 Å². The van der Waals surface area contributed by atoms with Gasteiger partial charge in [0.05, 0.1) is 11.9 Å². The van der Waals surface area contributed by atoms with Gasteiger partial charge in [0.2, 0.25) is 21.8 Å². The van der Waals surface area contributed by atoms with Crippen LogP contribution in [0.2, 0.25) is 10.0 Å². The zero-order chi connectivity index (χ0) is 26.3. The van der Waals surface area contributed by atoms with Crippen LogP contribution in [0.3, 0.4) is 0 Å². The number of carbonyl (C=O) groups excluding carboxylic acids is 2. The predicted octanol–water partition coefficient (Wildman–Crippen LogP) is 4.48. The van der Waals surface area contributed by atoms with Crippen molar-refractivity contribution >= 4 is 50.7 Å². The minimum atomic E-state index is -3.96. The Morgan fingerprint density at radius 3 is 2.20 bits per heavy atom. The number of benzene rings is 2. The number of nitrogens with one attached hydrogen (secondary N) is 1. The Bertz CT molecular complexity index is 1140. The van der Waals surface area contributed by atoms with Gasteiger partial charge in [0.25, 0.3) is 0 Å². The molecule has 0 spiro atoms. The Labute approximate surface area is 216 Å². The summed E-state index contributed by atoms with van der Waals surface area (Å²) in [6.45, 7) is 5.27. The summed E-state index contributed by atoms with van der Waals surface area (Å²) in [7, 11) is -3.96. The molecule has 0 radical (unpaired) electrons. The summed E-state index contributed by atoms with van der Waals surface area (Å²) in [5.74, 6) is -1.51.